The number of aromatic nitrogens is 1. The van der Waals surface area contributed by atoms with E-state index in [-0.39, 0.29) is 5.11 Å². The van der Waals surface area contributed by atoms with Crippen molar-refractivity contribution in [2.24, 2.45) is 0 Å². The van der Waals surface area contributed by atoms with Gasteiger partial charge in [0.15, 0.2) is 10.7 Å². The fourth-order valence-corrected chi connectivity index (χ4v) is 4.25. The van der Waals surface area contributed by atoms with Crippen LogP contribution < -0.4 is 15.4 Å². The summed E-state index contributed by atoms with van der Waals surface area (Å²) in [5, 5.41) is 6.07. The van der Waals surface area contributed by atoms with Gasteiger partial charge in [0.25, 0.3) is 5.91 Å². The molecule has 6 nitrogen and oxygen atoms in total. The summed E-state index contributed by atoms with van der Waals surface area (Å²) in [6, 6.07) is 15.9. The molecule has 1 amide bonds. The zero-order chi connectivity index (χ0) is 22.8. The van der Waals surface area contributed by atoms with Crippen LogP contribution in [0.3, 0.4) is 0 Å². The zero-order valence-electron chi connectivity index (χ0n) is 16.4. The number of hydrogen-bond donors (Lipinski definition) is 2. The molecule has 3 aromatic carbocycles. The Kier molecular flexibility index (Phi) is 6.80. The highest BCUT2D eigenvalue weighted by Crippen LogP contribution is 2.32. The molecule has 0 fully saturated rings. The van der Waals surface area contributed by atoms with E-state index in [0.29, 0.717) is 33.3 Å². The van der Waals surface area contributed by atoms with Gasteiger partial charge in [-0.1, -0.05) is 27.5 Å². The van der Waals surface area contributed by atoms with Crippen LogP contribution in [0.5, 0.6) is 5.75 Å². The fourth-order valence-electron chi connectivity index (χ4n) is 2.93. The summed E-state index contributed by atoms with van der Waals surface area (Å²) in [6.07, 6.45) is 0. The van der Waals surface area contributed by atoms with Crippen molar-refractivity contribution in [2.45, 2.75) is 0 Å². The summed E-state index contributed by atoms with van der Waals surface area (Å²) in [4.78, 5) is 17.0. The molecule has 0 aliphatic rings. The molecule has 0 atom stereocenters. The van der Waals surface area contributed by atoms with Gasteiger partial charge >= 0.3 is 0 Å². The topological polar surface area (TPSA) is 76.4 Å². The van der Waals surface area contributed by atoms with Crippen molar-refractivity contribution in [2.75, 3.05) is 12.4 Å². The molecule has 0 aliphatic heterocycles. The van der Waals surface area contributed by atoms with Crippen molar-refractivity contribution >= 4 is 83.5 Å². The number of methoxy groups -OCH3 is 1. The third-order valence-electron chi connectivity index (χ3n) is 4.44. The number of hydrogen-bond acceptors (Lipinski definition) is 5. The van der Waals surface area contributed by atoms with Crippen LogP contribution in [0.4, 0.5) is 5.69 Å². The predicted molar refractivity (Wildman–Crippen MR) is 137 cm³/mol. The Morgan fingerprint density at radius 3 is 2.69 bits per heavy atom. The Morgan fingerprint density at radius 1 is 1.12 bits per heavy atom. The van der Waals surface area contributed by atoms with Crippen molar-refractivity contribution in [3.8, 4) is 17.2 Å². The maximum atomic E-state index is 12.5. The van der Waals surface area contributed by atoms with Gasteiger partial charge in [0.1, 0.15) is 11.3 Å². The molecule has 0 aliphatic carbocycles. The fraction of sp³-hybridized carbons (Fsp3) is 0.0455. The van der Waals surface area contributed by atoms with Gasteiger partial charge < -0.3 is 14.5 Å². The average molecular weight is 596 g/mol. The van der Waals surface area contributed by atoms with E-state index in [9.17, 15) is 4.79 Å². The van der Waals surface area contributed by atoms with Gasteiger partial charge in [0, 0.05) is 15.7 Å². The summed E-state index contributed by atoms with van der Waals surface area (Å²) >= 11 is 18.2. The van der Waals surface area contributed by atoms with Crippen LogP contribution in [0.25, 0.3) is 22.6 Å². The number of carbonyl (C=O) groups excluding carboxylic acids is 1. The second-order valence-corrected chi connectivity index (χ2v) is 9.17. The number of oxazole rings is 1. The largest absolute Gasteiger partial charge is 0.496 e. The molecule has 0 saturated heterocycles. The molecular weight excluding hydrogens is 582 g/mol. The minimum atomic E-state index is -0.413. The van der Waals surface area contributed by atoms with E-state index in [4.69, 9.17) is 33.0 Å². The van der Waals surface area contributed by atoms with Crippen LogP contribution in [0, 0.1) is 0 Å². The molecule has 162 valence electrons. The number of thiocarbonyl (C=S) groups is 1. The van der Waals surface area contributed by atoms with Crippen molar-refractivity contribution in [1.82, 2.24) is 10.3 Å². The van der Waals surface area contributed by atoms with Crippen molar-refractivity contribution in [3.05, 3.63) is 74.1 Å². The zero-order valence-corrected chi connectivity index (χ0v) is 21.2. The number of anilines is 1. The van der Waals surface area contributed by atoms with Crippen LogP contribution in [-0.2, 0) is 0 Å². The van der Waals surface area contributed by atoms with Gasteiger partial charge in [-0.2, -0.15) is 0 Å². The SMILES string of the molecule is COc1ccc(-c2nc3cc(NC(=S)NC(=O)c4cc(Br)ccc4Cl)ccc3o2)cc1Br. The standard InChI is InChI=1S/C22H14Br2ClN3O3S/c1-30-18-6-2-11(8-15(18)24)21-27-17-10-13(4-7-19(17)31-21)26-22(32)28-20(29)14-9-12(23)3-5-16(14)25/h2-10H,1H3,(H2,26,28,29,32). The number of nitrogens with one attached hydrogen (secondary N) is 2. The lowest BCUT2D eigenvalue weighted by atomic mass is 10.2. The highest BCUT2D eigenvalue weighted by atomic mass is 79.9. The Morgan fingerprint density at radius 2 is 1.94 bits per heavy atom. The molecule has 1 heterocycles. The lowest BCUT2D eigenvalue weighted by Gasteiger charge is -2.10. The molecule has 0 spiro atoms. The summed E-state index contributed by atoms with van der Waals surface area (Å²) in [7, 11) is 1.61. The first-order valence-electron chi connectivity index (χ1n) is 9.16. The Labute approximate surface area is 210 Å². The van der Waals surface area contributed by atoms with E-state index >= 15 is 0 Å². The van der Waals surface area contributed by atoms with Gasteiger partial charge in [-0.15, -0.1) is 0 Å². The molecule has 0 saturated carbocycles. The summed E-state index contributed by atoms with van der Waals surface area (Å²) in [5.41, 5.74) is 3.03. The molecule has 2 N–H and O–H groups in total. The van der Waals surface area contributed by atoms with E-state index in [2.05, 4.69) is 47.5 Å². The minimum absolute atomic E-state index is 0.133. The molecule has 0 bridgehead atoms. The molecule has 0 unspecified atom stereocenters. The summed E-state index contributed by atoms with van der Waals surface area (Å²) < 4.78 is 12.7. The minimum Gasteiger partial charge on any atom is -0.496 e. The smallest absolute Gasteiger partial charge is 0.258 e. The van der Waals surface area contributed by atoms with Crippen LogP contribution in [0.15, 0.2) is 68.0 Å². The number of nitrogens with zero attached hydrogens (tertiary/aromatic N) is 1. The number of halogens is 3. The van der Waals surface area contributed by atoms with E-state index < -0.39 is 5.91 Å². The Balaban J connectivity index is 1.50. The second kappa shape index (κ2) is 9.58. The van der Waals surface area contributed by atoms with E-state index in [1.807, 2.05) is 18.2 Å². The number of fused-ring (bicyclic) bond motifs is 1. The molecule has 10 heteroatoms. The van der Waals surface area contributed by atoms with E-state index in [1.165, 1.54) is 0 Å². The molecule has 32 heavy (non-hydrogen) atoms. The average Bonchev–Trinajstić information content (AvgIpc) is 3.18. The molecule has 0 radical (unpaired) electrons. The monoisotopic (exact) mass is 593 g/mol. The van der Waals surface area contributed by atoms with Crippen LogP contribution in [0.2, 0.25) is 5.02 Å². The predicted octanol–water partition coefficient (Wildman–Crippen LogP) is 6.81. The number of benzene rings is 3. The van der Waals surface area contributed by atoms with Gasteiger partial charge in [-0.05, 0) is 82.7 Å². The third-order valence-corrected chi connectivity index (χ3v) is 6.09. The highest BCUT2D eigenvalue weighted by Gasteiger charge is 2.14. The number of rotatable bonds is 4. The van der Waals surface area contributed by atoms with Gasteiger partial charge in [0.2, 0.25) is 5.89 Å². The molecule has 4 aromatic rings. The Hall–Kier alpha value is -2.46. The Bertz CT molecular complexity index is 1360. The molecule has 1 aromatic heterocycles. The van der Waals surface area contributed by atoms with E-state index in [1.54, 1.807) is 43.5 Å². The summed E-state index contributed by atoms with van der Waals surface area (Å²) in [5.74, 6) is 0.778. The van der Waals surface area contributed by atoms with Crippen molar-refractivity contribution in [1.29, 1.82) is 0 Å². The number of amides is 1. The van der Waals surface area contributed by atoms with Crippen molar-refractivity contribution in [3.63, 3.8) is 0 Å². The maximum absolute atomic E-state index is 12.5. The van der Waals surface area contributed by atoms with Gasteiger partial charge in [-0.3, -0.25) is 10.1 Å². The van der Waals surface area contributed by atoms with E-state index in [0.717, 1.165) is 20.3 Å². The van der Waals surface area contributed by atoms with Crippen LogP contribution >= 0.6 is 55.7 Å². The highest BCUT2D eigenvalue weighted by molar-refractivity contribution is 9.10. The van der Waals surface area contributed by atoms with Crippen LogP contribution in [-0.4, -0.2) is 23.1 Å². The summed E-state index contributed by atoms with van der Waals surface area (Å²) in [6.45, 7) is 0. The van der Waals surface area contributed by atoms with Crippen molar-refractivity contribution < 1.29 is 13.9 Å². The van der Waals surface area contributed by atoms with Gasteiger partial charge in [0.05, 0.1) is 22.2 Å². The third kappa shape index (κ3) is 4.96. The lowest BCUT2D eigenvalue weighted by molar-refractivity contribution is 0.0978. The first-order chi connectivity index (χ1) is 15.3. The second-order valence-electron chi connectivity index (χ2n) is 6.58. The first-order valence-corrected chi connectivity index (χ1v) is 11.5. The molecule has 4 rings (SSSR count). The number of ether oxygens (including phenoxy) is 1. The normalized spacial score (nSPS) is 10.8. The first kappa shape index (κ1) is 22.7. The van der Waals surface area contributed by atoms with Gasteiger partial charge in [-0.25, -0.2) is 4.98 Å². The maximum Gasteiger partial charge on any atom is 0.258 e. The quantitative estimate of drug-likeness (QED) is 0.253. The lowest BCUT2D eigenvalue weighted by Crippen LogP contribution is -2.34. The molecular formula is C22H14Br2ClN3O3S. The number of carbonyl (C=O) groups is 1. The van der Waals surface area contributed by atoms with Crippen LogP contribution in [0.1, 0.15) is 10.4 Å².